The molecule has 1 N–H and O–H groups in total. The van der Waals surface area contributed by atoms with Gasteiger partial charge in [0.1, 0.15) is 0 Å². The van der Waals surface area contributed by atoms with Crippen molar-refractivity contribution in [2.45, 2.75) is 19.5 Å². The highest BCUT2D eigenvalue weighted by atomic mass is 79.9. The van der Waals surface area contributed by atoms with Crippen molar-refractivity contribution >= 4 is 21.4 Å². The first kappa shape index (κ1) is 13.3. The number of hydrogen-bond acceptors (Lipinski definition) is 2. The Labute approximate surface area is 126 Å². The van der Waals surface area contributed by atoms with Crippen LogP contribution in [0.25, 0.3) is 5.52 Å². The number of benzene rings is 1. The van der Waals surface area contributed by atoms with E-state index < -0.39 is 0 Å². The van der Waals surface area contributed by atoms with E-state index in [0.29, 0.717) is 6.04 Å². The lowest BCUT2D eigenvalue weighted by Gasteiger charge is -2.14. The quantitative estimate of drug-likeness (QED) is 0.785. The molecule has 0 saturated carbocycles. The lowest BCUT2D eigenvalue weighted by Crippen LogP contribution is -2.17. The molecule has 3 nitrogen and oxygen atoms in total. The predicted octanol–water partition coefficient (Wildman–Crippen LogP) is 3.95. The zero-order valence-corrected chi connectivity index (χ0v) is 12.8. The van der Waals surface area contributed by atoms with E-state index in [1.807, 2.05) is 35.1 Å². The van der Waals surface area contributed by atoms with Gasteiger partial charge in [-0.3, -0.25) is 0 Å². The first-order valence-corrected chi connectivity index (χ1v) is 7.43. The van der Waals surface area contributed by atoms with Crippen molar-refractivity contribution in [2.75, 3.05) is 0 Å². The molecule has 0 radical (unpaired) electrons. The Morgan fingerprint density at radius 2 is 2.15 bits per heavy atom. The Balaban J connectivity index is 1.73. The molecule has 3 rings (SSSR count). The van der Waals surface area contributed by atoms with Gasteiger partial charge >= 0.3 is 0 Å². The summed E-state index contributed by atoms with van der Waals surface area (Å²) in [4.78, 5) is 0. The van der Waals surface area contributed by atoms with Crippen LogP contribution in [-0.4, -0.2) is 9.61 Å². The second kappa shape index (κ2) is 5.77. The summed E-state index contributed by atoms with van der Waals surface area (Å²) in [5.41, 5.74) is 3.64. The zero-order valence-electron chi connectivity index (χ0n) is 11.3. The Hall–Kier alpha value is -1.65. The van der Waals surface area contributed by atoms with E-state index in [1.54, 1.807) is 0 Å². The molecule has 102 valence electrons. The predicted molar refractivity (Wildman–Crippen MR) is 84.6 cm³/mol. The third-order valence-electron chi connectivity index (χ3n) is 3.45. The summed E-state index contributed by atoms with van der Waals surface area (Å²) in [6, 6.07) is 14.8. The lowest BCUT2D eigenvalue weighted by molar-refractivity contribution is 0.576. The van der Waals surface area contributed by atoms with Crippen LogP contribution in [0.5, 0.6) is 0 Å². The van der Waals surface area contributed by atoms with Crippen molar-refractivity contribution < 1.29 is 0 Å². The molecule has 20 heavy (non-hydrogen) atoms. The first-order valence-electron chi connectivity index (χ1n) is 6.64. The Bertz CT molecular complexity index is 720. The van der Waals surface area contributed by atoms with Gasteiger partial charge in [0.15, 0.2) is 0 Å². The lowest BCUT2D eigenvalue weighted by atomic mass is 10.1. The first-order chi connectivity index (χ1) is 9.74. The minimum absolute atomic E-state index is 0.297. The number of nitrogens with one attached hydrogen (secondary N) is 1. The summed E-state index contributed by atoms with van der Waals surface area (Å²) >= 11 is 3.51. The highest BCUT2D eigenvalue weighted by molar-refractivity contribution is 9.10. The maximum absolute atomic E-state index is 4.35. The van der Waals surface area contributed by atoms with E-state index in [2.05, 4.69) is 57.5 Å². The number of halogens is 1. The van der Waals surface area contributed by atoms with Crippen molar-refractivity contribution in [3.05, 3.63) is 70.5 Å². The molecular formula is C16H16BrN3. The Morgan fingerprint density at radius 3 is 3.00 bits per heavy atom. The molecule has 3 aromatic rings. The summed E-state index contributed by atoms with van der Waals surface area (Å²) in [5, 5.41) is 7.90. The molecule has 2 aromatic heterocycles. The van der Waals surface area contributed by atoms with E-state index in [4.69, 9.17) is 0 Å². The van der Waals surface area contributed by atoms with Gasteiger partial charge in [0, 0.05) is 28.8 Å². The number of rotatable bonds is 4. The van der Waals surface area contributed by atoms with Crippen LogP contribution in [-0.2, 0) is 6.54 Å². The van der Waals surface area contributed by atoms with Gasteiger partial charge in [0.25, 0.3) is 0 Å². The number of aromatic nitrogens is 2. The molecule has 0 spiro atoms. The van der Waals surface area contributed by atoms with Crippen LogP contribution < -0.4 is 5.32 Å². The molecule has 0 bridgehead atoms. The van der Waals surface area contributed by atoms with Crippen molar-refractivity contribution in [3.8, 4) is 0 Å². The van der Waals surface area contributed by atoms with Crippen molar-refractivity contribution in [2.24, 2.45) is 0 Å². The fourth-order valence-corrected chi connectivity index (χ4v) is 2.70. The molecule has 1 aromatic carbocycles. The maximum Gasteiger partial charge on any atom is 0.0706 e. The average Bonchev–Trinajstić information content (AvgIpc) is 2.88. The fourth-order valence-electron chi connectivity index (χ4n) is 2.28. The van der Waals surface area contributed by atoms with Crippen LogP contribution in [0.1, 0.15) is 24.1 Å². The minimum Gasteiger partial charge on any atom is -0.306 e. The smallest absolute Gasteiger partial charge is 0.0706 e. The SMILES string of the molecule is CC(NCc1cnn2ccccc12)c1cccc(Br)c1. The molecule has 0 aliphatic rings. The number of hydrogen-bond donors (Lipinski definition) is 1. The average molecular weight is 330 g/mol. The van der Waals surface area contributed by atoms with Gasteiger partial charge in [-0.1, -0.05) is 34.1 Å². The van der Waals surface area contributed by atoms with Gasteiger partial charge < -0.3 is 5.32 Å². The second-order valence-electron chi connectivity index (χ2n) is 4.86. The van der Waals surface area contributed by atoms with Crippen molar-refractivity contribution in [3.63, 3.8) is 0 Å². The highest BCUT2D eigenvalue weighted by Crippen LogP contribution is 2.19. The van der Waals surface area contributed by atoms with E-state index in [0.717, 1.165) is 16.5 Å². The van der Waals surface area contributed by atoms with E-state index in [1.165, 1.54) is 11.1 Å². The molecule has 0 fully saturated rings. The minimum atomic E-state index is 0.297. The molecule has 0 aliphatic heterocycles. The van der Waals surface area contributed by atoms with Gasteiger partial charge in [-0.15, -0.1) is 0 Å². The third-order valence-corrected chi connectivity index (χ3v) is 3.95. The topological polar surface area (TPSA) is 29.3 Å². The molecule has 0 saturated heterocycles. The molecular weight excluding hydrogens is 314 g/mol. The fraction of sp³-hybridized carbons (Fsp3) is 0.188. The normalized spacial score (nSPS) is 12.7. The molecule has 1 unspecified atom stereocenters. The maximum atomic E-state index is 4.35. The molecule has 1 atom stereocenters. The van der Waals surface area contributed by atoms with Gasteiger partial charge in [-0.05, 0) is 36.8 Å². The Kier molecular flexibility index (Phi) is 3.85. The largest absolute Gasteiger partial charge is 0.306 e. The molecule has 2 heterocycles. The second-order valence-corrected chi connectivity index (χ2v) is 5.77. The number of fused-ring (bicyclic) bond motifs is 1. The third kappa shape index (κ3) is 2.76. The summed E-state index contributed by atoms with van der Waals surface area (Å²) in [5.74, 6) is 0. The van der Waals surface area contributed by atoms with E-state index in [9.17, 15) is 0 Å². The standard InChI is InChI=1S/C16H16BrN3/c1-12(13-5-4-6-15(17)9-13)18-10-14-11-19-20-8-3-2-7-16(14)20/h2-9,11-12,18H,10H2,1H3. The van der Waals surface area contributed by atoms with Crippen LogP contribution in [0.2, 0.25) is 0 Å². The summed E-state index contributed by atoms with van der Waals surface area (Å²) in [7, 11) is 0. The van der Waals surface area contributed by atoms with Crippen molar-refractivity contribution in [1.82, 2.24) is 14.9 Å². The molecule has 4 heteroatoms. The van der Waals surface area contributed by atoms with Gasteiger partial charge in [0.05, 0.1) is 11.7 Å². The van der Waals surface area contributed by atoms with Crippen LogP contribution in [0, 0.1) is 0 Å². The van der Waals surface area contributed by atoms with Crippen LogP contribution in [0.4, 0.5) is 0 Å². The van der Waals surface area contributed by atoms with Crippen LogP contribution in [0.15, 0.2) is 59.3 Å². The number of pyridine rings is 1. The van der Waals surface area contributed by atoms with Gasteiger partial charge in [-0.2, -0.15) is 5.10 Å². The molecule has 0 amide bonds. The van der Waals surface area contributed by atoms with Gasteiger partial charge in [-0.25, -0.2) is 4.52 Å². The summed E-state index contributed by atoms with van der Waals surface area (Å²) < 4.78 is 3.01. The highest BCUT2D eigenvalue weighted by Gasteiger charge is 2.07. The van der Waals surface area contributed by atoms with Gasteiger partial charge in [0.2, 0.25) is 0 Å². The molecule has 0 aliphatic carbocycles. The zero-order chi connectivity index (χ0) is 13.9. The van der Waals surface area contributed by atoms with E-state index in [-0.39, 0.29) is 0 Å². The van der Waals surface area contributed by atoms with Crippen LogP contribution in [0.3, 0.4) is 0 Å². The summed E-state index contributed by atoms with van der Waals surface area (Å²) in [6.45, 7) is 2.98. The van der Waals surface area contributed by atoms with Crippen LogP contribution >= 0.6 is 15.9 Å². The summed E-state index contributed by atoms with van der Waals surface area (Å²) in [6.07, 6.45) is 3.90. The Morgan fingerprint density at radius 1 is 1.25 bits per heavy atom. The monoisotopic (exact) mass is 329 g/mol. The van der Waals surface area contributed by atoms with E-state index >= 15 is 0 Å². The number of nitrogens with zero attached hydrogens (tertiary/aromatic N) is 2. The van der Waals surface area contributed by atoms with Crippen molar-refractivity contribution in [1.29, 1.82) is 0 Å².